The van der Waals surface area contributed by atoms with Crippen molar-refractivity contribution in [3.8, 4) is 0 Å². The van der Waals surface area contributed by atoms with Gasteiger partial charge in [0.05, 0.1) is 4.90 Å². The molecule has 98 valence electrons. The SMILES string of the molecule is O=Cc1cccc(S(=O)(=O)Nc2ccc(Cl)cc2)c1. The van der Waals surface area contributed by atoms with Gasteiger partial charge in [-0.2, -0.15) is 0 Å². The molecule has 2 aromatic carbocycles. The van der Waals surface area contributed by atoms with Crippen molar-refractivity contribution in [2.24, 2.45) is 0 Å². The van der Waals surface area contributed by atoms with Gasteiger partial charge in [-0.15, -0.1) is 0 Å². The maximum atomic E-state index is 12.1. The van der Waals surface area contributed by atoms with Gasteiger partial charge in [0.1, 0.15) is 6.29 Å². The van der Waals surface area contributed by atoms with Crippen LogP contribution < -0.4 is 4.72 Å². The summed E-state index contributed by atoms with van der Waals surface area (Å²) in [6.07, 6.45) is 0.599. The first-order chi connectivity index (χ1) is 9.01. The van der Waals surface area contributed by atoms with E-state index in [-0.39, 0.29) is 4.90 Å². The van der Waals surface area contributed by atoms with Gasteiger partial charge in [0, 0.05) is 16.3 Å². The minimum atomic E-state index is -3.71. The topological polar surface area (TPSA) is 63.2 Å². The van der Waals surface area contributed by atoms with E-state index in [0.717, 1.165) is 0 Å². The highest BCUT2D eigenvalue weighted by Crippen LogP contribution is 2.18. The van der Waals surface area contributed by atoms with Gasteiger partial charge >= 0.3 is 0 Å². The highest BCUT2D eigenvalue weighted by atomic mass is 35.5. The molecule has 0 atom stereocenters. The molecule has 0 heterocycles. The number of halogens is 1. The maximum Gasteiger partial charge on any atom is 0.261 e. The number of hydrogen-bond donors (Lipinski definition) is 1. The Bertz CT molecular complexity index is 696. The lowest BCUT2D eigenvalue weighted by molar-refractivity contribution is 0.112. The number of nitrogens with one attached hydrogen (secondary N) is 1. The number of sulfonamides is 1. The van der Waals surface area contributed by atoms with Crippen LogP contribution in [0.15, 0.2) is 53.4 Å². The van der Waals surface area contributed by atoms with Crippen LogP contribution in [0.4, 0.5) is 5.69 Å². The molecule has 0 amide bonds. The Morgan fingerprint density at radius 1 is 1.05 bits per heavy atom. The van der Waals surface area contributed by atoms with Gasteiger partial charge in [-0.25, -0.2) is 8.42 Å². The average molecular weight is 296 g/mol. The molecule has 2 rings (SSSR count). The molecular weight excluding hydrogens is 286 g/mol. The van der Waals surface area contributed by atoms with E-state index in [2.05, 4.69) is 4.72 Å². The minimum absolute atomic E-state index is 0.0343. The summed E-state index contributed by atoms with van der Waals surface area (Å²) in [5, 5.41) is 0.519. The Labute approximate surface area is 116 Å². The number of anilines is 1. The van der Waals surface area contributed by atoms with E-state index in [1.807, 2.05) is 0 Å². The van der Waals surface area contributed by atoms with Gasteiger partial charge in [0.2, 0.25) is 0 Å². The first-order valence-electron chi connectivity index (χ1n) is 5.35. The smallest absolute Gasteiger partial charge is 0.261 e. The quantitative estimate of drug-likeness (QED) is 0.882. The van der Waals surface area contributed by atoms with Gasteiger partial charge in [0.25, 0.3) is 10.0 Å². The summed E-state index contributed by atoms with van der Waals surface area (Å²) in [6, 6.07) is 12.1. The van der Waals surface area contributed by atoms with E-state index in [4.69, 9.17) is 11.6 Å². The molecule has 1 N–H and O–H groups in total. The zero-order valence-electron chi connectivity index (χ0n) is 9.71. The first-order valence-corrected chi connectivity index (χ1v) is 7.21. The summed E-state index contributed by atoms with van der Waals surface area (Å²) in [7, 11) is -3.71. The van der Waals surface area contributed by atoms with Crippen LogP contribution in [0.2, 0.25) is 5.02 Å². The van der Waals surface area contributed by atoms with Crippen LogP contribution in [0.5, 0.6) is 0 Å². The first kappa shape index (κ1) is 13.6. The van der Waals surface area contributed by atoms with Crippen molar-refractivity contribution in [1.29, 1.82) is 0 Å². The highest BCUT2D eigenvalue weighted by Gasteiger charge is 2.14. The van der Waals surface area contributed by atoms with Crippen molar-refractivity contribution in [2.75, 3.05) is 4.72 Å². The zero-order valence-corrected chi connectivity index (χ0v) is 11.3. The molecule has 6 heteroatoms. The fourth-order valence-electron chi connectivity index (χ4n) is 1.49. The molecule has 2 aromatic rings. The second-order valence-corrected chi connectivity index (χ2v) is 5.92. The highest BCUT2D eigenvalue weighted by molar-refractivity contribution is 7.92. The van der Waals surface area contributed by atoms with E-state index in [0.29, 0.717) is 22.6 Å². The normalized spacial score (nSPS) is 11.0. The number of hydrogen-bond acceptors (Lipinski definition) is 3. The van der Waals surface area contributed by atoms with E-state index in [9.17, 15) is 13.2 Å². The molecule has 0 saturated heterocycles. The predicted octanol–water partition coefficient (Wildman–Crippen LogP) is 2.95. The Morgan fingerprint density at radius 2 is 1.74 bits per heavy atom. The molecular formula is C13H10ClNO3S. The van der Waals surface area contributed by atoms with E-state index >= 15 is 0 Å². The summed E-state index contributed by atoms with van der Waals surface area (Å²) >= 11 is 5.72. The summed E-state index contributed by atoms with van der Waals surface area (Å²) in [4.78, 5) is 10.7. The van der Waals surface area contributed by atoms with Crippen LogP contribution >= 0.6 is 11.6 Å². The van der Waals surface area contributed by atoms with Gasteiger partial charge in [0.15, 0.2) is 0 Å². The summed E-state index contributed by atoms with van der Waals surface area (Å²) in [5.74, 6) is 0. The lowest BCUT2D eigenvalue weighted by Gasteiger charge is -2.08. The molecule has 0 unspecified atom stereocenters. The Balaban J connectivity index is 2.31. The van der Waals surface area contributed by atoms with Gasteiger partial charge in [-0.3, -0.25) is 9.52 Å². The van der Waals surface area contributed by atoms with E-state index in [1.165, 1.54) is 24.3 Å². The molecule has 4 nitrogen and oxygen atoms in total. The molecule has 0 aliphatic heterocycles. The maximum absolute atomic E-state index is 12.1. The number of carbonyl (C=O) groups is 1. The van der Waals surface area contributed by atoms with Crippen molar-refractivity contribution < 1.29 is 13.2 Å². The molecule has 0 radical (unpaired) electrons. The third-order valence-corrected chi connectivity index (χ3v) is 4.03. The number of rotatable bonds is 4. The van der Waals surface area contributed by atoms with Crippen LogP contribution in [0.25, 0.3) is 0 Å². The van der Waals surface area contributed by atoms with Crippen LogP contribution in [0.1, 0.15) is 10.4 Å². The number of benzene rings is 2. The Morgan fingerprint density at radius 3 is 2.37 bits per heavy atom. The van der Waals surface area contributed by atoms with Crippen molar-refractivity contribution >= 4 is 33.6 Å². The van der Waals surface area contributed by atoms with E-state index in [1.54, 1.807) is 24.3 Å². The molecule has 19 heavy (non-hydrogen) atoms. The van der Waals surface area contributed by atoms with Gasteiger partial charge < -0.3 is 0 Å². The van der Waals surface area contributed by atoms with Crippen molar-refractivity contribution in [1.82, 2.24) is 0 Å². The molecule has 0 aliphatic carbocycles. The standard InChI is InChI=1S/C13H10ClNO3S/c14-11-4-6-12(7-5-11)15-19(17,18)13-3-1-2-10(8-13)9-16/h1-9,15H. The van der Waals surface area contributed by atoms with Crippen molar-refractivity contribution in [2.45, 2.75) is 4.90 Å². The molecule has 0 fully saturated rings. The van der Waals surface area contributed by atoms with Crippen LogP contribution in [0, 0.1) is 0 Å². The number of aldehydes is 1. The van der Waals surface area contributed by atoms with Gasteiger partial charge in [-0.1, -0.05) is 23.7 Å². The summed E-state index contributed by atoms with van der Waals surface area (Å²) < 4.78 is 26.6. The third kappa shape index (κ3) is 3.33. The third-order valence-electron chi connectivity index (χ3n) is 2.40. The summed E-state index contributed by atoms with van der Waals surface area (Å²) in [5.41, 5.74) is 0.708. The zero-order chi connectivity index (χ0) is 13.9. The molecule has 0 aromatic heterocycles. The fourth-order valence-corrected chi connectivity index (χ4v) is 2.73. The fraction of sp³-hybridized carbons (Fsp3) is 0. The van der Waals surface area contributed by atoms with Crippen molar-refractivity contribution in [3.05, 3.63) is 59.1 Å². The molecule has 0 aliphatic rings. The van der Waals surface area contributed by atoms with Gasteiger partial charge in [-0.05, 0) is 36.4 Å². The molecule has 0 bridgehead atoms. The summed E-state index contributed by atoms with van der Waals surface area (Å²) in [6.45, 7) is 0. The monoisotopic (exact) mass is 295 g/mol. The Hall–Kier alpha value is -1.85. The minimum Gasteiger partial charge on any atom is -0.298 e. The van der Waals surface area contributed by atoms with Crippen LogP contribution in [-0.2, 0) is 10.0 Å². The largest absolute Gasteiger partial charge is 0.298 e. The second-order valence-electron chi connectivity index (χ2n) is 3.80. The number of carbonyl (C=O) groups excluding carboxylic acids is 1. The van der Waals surface area contributed by atoms with Crippen molar-refractivity contribution in [3.63, 3.8) is 0 Å². The predicted molar refractivity (Wildman–Crippen MR) is 74.1 cm³/mol. The lowest BCUT2D eigenvalue weighted by Crippen LogP contribution is -2.13. The van der Waals surface area contributed by atoms with E-state index < -0.39 is 10.0 Å². The second kappa shape index (κ2) is 5.42. The molecule has 0 saturated carbocycles. The van der Waals surface area contributed by atoms with Crippen LogP contribution in [-0.4, -0.2) is 14.7 Å². The average Bonchev–Trinajstić information content (AvgIpc) is 2.41. The Kier molecular flexibility index (Phi) is 3.87. The molecule has 0 spiro atoms. The lowest BCUT2D eigenvalue weighted by atomic mass is 10.2. The van der Waals surface area contributed by atoms with Crippen LogP contribution in [0.3, 0.4) is 0 Å².